The summed E-state index contributed by atoms with van der Waals surface area (Å²) in [5, 5.41) is 16.1. The number of piperidine rings is 1. The van der Waals surface area contributed by atoms with Crippen molar-refractivity contribution in [1.29, 1.82) is 5.26 Å². The van der Waals surface area contributed by atoms with E-state index in [1.165, 1.54) is 6.08 Å². The van der Waals surface area contributed by atoms with E-state index in [-0.39, 0.29) is 18.0 Å². The van der Waals surface area contributed by atoms with E-state index in [4.69, 9.17) is 17.0 Å². The lowest BCUT2D eigenvalue weighted by Crippen LogP contribution is -2.48. The minimum atomic E-state index is -0.708. The minimum absolute atomic E-state index is 0.314. The number of carbonyl (C=O) groups excluding carboxylic acids is 1. The van der Waals surface area contributed by atoms with Gasteiger partial charge in [0.2, 0.25) is 0 Å². The van der Waals surface area contributed by atoms with E-state index in [0.717, 1.165) is 5.69 Å². The summed E-state index contributed by atoms with van der Waals surface area (Å²) in [6.45, 7) is 3.70. The number of aromatic nitrogens is 1. The zero-order valence-corrected chi connectivity index (χ0v) is 19.3. The zero-order valence-electron chi connectivity index (χ0n) is 18.5. The molecule has 1 aliphatic carbocycles. The van der Waals surface area contributed by atoms with Crippen molar-refractivity contribution < 1.29 is 13.9 Å². The fraction of sp³-hybridized carbons (Fsp3) is 0.478. The fourth-order valence-electron chi connectivity index (χ4n) is 4.43. The molecule has 4 rings (SSSR count). The summed E-state index contributed by atoms with van der Waals surface area (Å²) >= 11 is 5.00. The normalized spacial score (nSPS) is 24.3. The van der Waals surface area contributed by atoms with Gasteiger partial charge < -0.3 is 20.3 Å². The molecule has 2 atom stereocenters. The molecule has 0 bridgehead atoms. The SMILES string of the molecule is CC(=S)NC[C@H]1CN(C2C=C(F)C(N3CCC(C#N)(Nc4cccnc4)CC3)=CC2)C(=O)O1. The number of thiocarbonyl (C=S) groups is 1. The highest BCUT2D eigenvalue weighted by molar-refractivity contribution is 7.80. The third-order valence-electron chi connectivity index (χ3n) is 6.23. The van der Waals surface area contributed by atoms with Crippen LogP contribution in [0.1, 0.15) is 26.2 Å². The maximum absolute atomic E-state index is 15.1. The number of nitrogens with zero attached hydrogens (tertiary/aromatic N) is 4. The molecule has 0 saturated carbocycles. The van der Waals surface area contributed by atoms with Crippen molar-refractivity contribution in [1.82, 2.24) is 20.1 Å². The van der Waals surface area contributed by atoms with Crippen molar-refractivity contribution in [2.45, 2.75) is 43.9 Å². The minimum Gasteiger partial charge on any atom is -0.442 e. The Morgan fingerprint density at radius 3 is 2.88 bits per heavy atom. The number of halogens is 1. The van der Waals surface area contributed by atoms with E-state index < -0.39 is 11.6 Å². The summed E-state index contributed by atoms with van der Waals surface area (Å²) in [4.78, 5) is 20.5. The van der Waals surface area contributed by atoms with Crippen molar-refractivity contribution in [3.8, 4) is 6.07 Å². The standard InChI is InChI=1S/C23H27FN6O2S/c1-16(33)27-13-19-14-30(22(31)32-19)18-4-5-21(20(24)11-18)29-9-6-23(15-25,7-10-29)28-17-3-2-8-26-12-17/h2-3,5,8,11-12,18-19,28H,4,6-7,9-10,13-14H2,1H3,(H,27,33)/t18?,19-/m0/s1. The van der Waals surface area contributed by atoms with Crippen molar-refractivity contribution >= 4 is 29.0 Å². The number of hydrogen-bond acceptors (Lipinski definition) is 7. The number of nitrogens with one attached hydrogen (secondary N) is 2. The first-order valence-corrected chi connectivity index (χ1v) is 11.4. The average molecular weight is 471 g/mol. The van der Waals surface area contributed by atoms with Gasteiger partial charge in [-0.15, -0.1) is 0 Å². The number of nitriles is 1. The van der Waals surface area contributed by atoms with Crippen LogP contribution in [0.5, 0.6) is 0 Å². The molecule has 1 unspecified atom stereocenters. The highest BCUT2D eigenvalue weighted by atomic mass is 32.1. The molecule has 174 valence electrons. The lowest BCUT2D eigenvalue weighted by Gasteiger charge is -2.40. The van der Waals surface area contributed by atoms with E-state index >= 15 is 4.39 Å². The van der Waals surface area contributed by atoms with Crippen molar-refractivity contribution in [3.63, 3.8) is 0 Å². The first-order valence-electron chi connectivity index (χ1n) is 11.0. The van der Waals surface area contributed by atoms with Gasteiger partial charge in [-0.3, -0.25) is 9.88 Å². The topological polar surface area (TPSA) is 93.5 Å². The number of amides is 1. The Morgan fingerprint density at radius 2 is 2.24 bits per heavy atom. The fourth-order valence-corrected chi connectivity index (χ4v) is 4.52. The molecule has 33 heavy (non-hydrogen) atoms. The van der Waals surface area contributed by atoms with Gasteiger partial charge in [0.1, 0.15) is 17.5 Å². The third kappa shape index (κ3) is 5.25. The number of anilines is 1. The average Bonchev–Trinajstić information content (AvgIpc) is 3.19. The predicted octanol–water partition coefficient (Wildman–Crippen LogP) is 3.12. The molecule has 3 heterocycles. The number of carbonyl (C=O) groups is 1. The molecule has 2 fully saturated rings. The van der Waals surface area contributed by atoms with E-state index in [9.17, 15) is 10.1 Å². The summed E-state index contributed by atoms with van der Waals surface area (Å²) in [6, 6.07) is 5.73. The highest BCUT2D eigenvalue weighted by Crippen LogP contribution is 2.33. The van der Waals surface area contributed by atoms with Gasteiger partial charge in [-0.1, -0.05) is 18.3 Å². The molecule has 8 nitrogen and oxygen atoms in total. The van der Waals surface area contributed by atoms with Crippen molar-refractivity contribution in [3.05, 3.63) is 48.2 Å². The monoisotopic (exact) mass is 470 g/mol. The molecule has 10 heteroatoms. The molecule has 1 amide bonds. The Hall–Kier alpha value is -3.19. The van der Waals surface area contributed by atoms with Gasteiger partial charge in [-0.25, -0.2) is 9.18 Å². The number of pyridine rings is 1. The summed E-state index contributed by atoms with van der Waals surface area (Å²) < 4.78 is 20.5. The molecule has 2 saturated heterocycles. The quantitative estimate of drug-likeness (QED) is 0.613. The summed E-state index contributed by atoms with van der Waals surface area (Å²) in [5.41, 5.74) is 0.618. The van der Waals surface area contributed by atoms with Gasteiger partial charge in [0.15, 0.2) is 0 Å². The number of likely N-dealkylation sites (tertiary alicyclic amines) is 1. The molecule has 1 aromatic rings. The largest absolute Gasteiger partial charge is 0.442 e. The second-order valence-corrected chi connectivity index (χ2v) is 9.16. The molecule has 1 aromatic heterocycles. The Kier molecular flexibility index (Phi) is 6.79. The second kappa shape index (κ2) is 9.75. The molecule has 0 radical (unpaired) electrons. The van der Waals surface area contributed by atoms with Crippen molar-refractivity contribution in [2.75, 3.05) is 31.5 Å². The Labute approximate surface area is 198 Å². The van der Waals surface area contributed by atoms with Crippen LogP contribution in [0.4, 0.5) is 14.9 Å². The van der Waals surface area contributed by atoms with Crippen LogP contribution < -0.4 is 10.6 Å². The van der Waals surface area contributed by atoms with Crippen LogP contribution in [0.3, 0.4) is 0 Å². The van der Waals surface area contributed by atoms with Crippen LogP contribution in [0, 0.1) is 11.3 Å². The van der Waals surface area contributed by atoms with Gasteiger partial charge in [-0.2, -0.15) is 5.26 Å². The molecular formula is C23H27FN6O2S. The summed E-state index contributed by atoms with van der Waals surface area (Å²) in [7, 11) is 0. The number of hydrogen-bond donors (Lipinski definition) is 2. The number of rotatable bonds is 6. The molecule has 0 spiro atoms. The maximum Gasteiger partial charge on any atom is 0.410 e. The van der Waals surface area contributed by atoms with Crippen LogP contribution in [0.15, 0.2) is 48.2 Å². The van der Waals surface area contributed by atoms with E-state index in [1.807, 2.05) is 23.1 Å². The summed E-state index contributed by atoms with van der Waals surface area (Å²) in [5.74, 6) is -0.347. The first-order chi connectivity index (χ1) is 15.9. The lowest BCUT2D eigenvalue weighted by molar-refractivity contribution is 0.130. The van der Waals surface area contributed by atoms with Crippen LogP contribution in [-0.4, -0.2) is 69.7 Å². The number of cyclic esters (lactones) is 1. The van der Waals surface area contributed by atoms with Crippen LogP contribution >= 0.6 is 12.2 Å². The zero-order chi connectivity index (χ0) is 23.4. The lowest BCUT2D eigenvalue weighted by atomic mass is 9.88. The molecular weight excluding hydrogens is 443 g/mol. The Balaban J connectivity index is 1.34. The van der Waals surface area contributed by atoms with Crippen LogP contribution in [0.2, 0.25) is 0 Å². The van der Waals surface area contributed by atoms with Gasteiger partial charge in [0.25, 0.3) is 0 Å². The third-order valence-corrected chi connectivity index (χ3v) is 6.38. The van der Waals surface area contributed by atoms with E-state index in [1.54, 1.807) is 24.2 Å². The highest BCUT2D eigenvalue weighted by Gasteiger charge is 2.39. The molecule has 2 aliphatic heterocycles. The Bertz CT molecular complexity index is 1000. The summed E-state index contributed by atoms with van der Waals surface area (Å²) in [6.07, 6.45) is 7.59. The van der Waals surface area contributed by atoms with Gasteiger partial charge >= 0.3 is 6.09 Å². The van der Waals surface area contributed by atoms with Crippen molar-refractivity contribution in [2.24, 2.45) is 0 Å². The van der Waals surface area contributed by atoms with Gasteiger partial charge in [0, 0.05) is 38.3 Å². The van der Waals surface area contributed by atoms with Gasteiger partial charge in [0.05, 0.1) is 41.6 Å². The van der Waals surface area contributed by atoms with E-state index in [2.05, 4.69) is 21.7 Å². The second-order valence-electron chi connectivity index (χ2n) is 8.55. The van der Waals surface area contributed by atoms with Crippen LogP contribution in [0.25, 0.3) is 0 Å². The predicted molar refractivity (Wildman–Crippen MR) is 126 cm³/mol. The molecule has 2 N–H and O–H groups in total. The maximum atomic E-state index is 15.1. The van der Waals surface area contributed by atoms with Crippen LogP contribution in [-0.2, 0) is 4.74 Å². The Morgan fingerprint density at radius 1 is 1.45 bits per heavy atom. The molecule has 3 aliphatic rings. The number of ether oxygens (including phenoxy) is 1. The molecule has 0 aromatic carbocycles. The first kappa shape index (κ1) is 23.0. The smallest absolute Gasteiger partial charge is 0.410 e. The van der Waals surface area contributed by atoms with E-state index in [0.29, 0.717) is 56.1 Å². The number of allylic oxidation sites excluding steroid dienone is 1. The van der Waals surface area contributed by atoms with Gasteiger partial charge in [-0.05, 0) is 31.6 Å².